The molecule has 126 valence electrons. The summed E-state index contributed by atoms with van der Waals surface area (Å²) in [4.78, 5) is 22.8. The zero-order valence-electron chi connectivity index (χ0n) is 13.3. The van der Waals surface area contributed by atoms with Gasteiger partial charge in [-0.15, -0.1) is 0 Å². The zero-order chi connectivity index (χ0) is 17.1. The van der Waals surface area contributed by atoms with E-state index in [4.69, 9.17) is 23.2 Å². The van der Waals surface area contributed by atoms with E-state index in [9.17, 15) is 4.79 Å². The fourth-order valence-electron chi connectivity index (χ4n) is 2.77. The lowest BCUT2D eigenvalue weighted by Crippen LogP contribution is -2.39. The average molecular weight is 365 g/mol. The van der Waals surface area contributed by atoms with E-state index in [2.05, 4.69) is 22.2 Å². The smallest absolute Gasteiger partial charge is 0.257 e. The number of aromatic nitrogens is 2. The topological polar surface area (TPSA) is 58.1 Å². The van der Waals surface area contributed by atoms with E-state index >= 15 is 0 Å². The van der Waals surface area contributed by atoms with Gasteiger partial charge in [0.1, 0.15) is 0 Å². The molecule has 3 rings (SSSR count). The summed E-state index contributed by atoms with van der Waals surface area (Å²) in [5.74, 6) is 0.881. The molecule has 1 aliphatic rings. The minimum Gasteiger partial charge on any atom is -0.338 e. The number of benzene rings is 1. The van der Waals surface area contributed by atoms with E-state index in [1.54, 1.807) is 18.2 Å². The highest BCUT2D eigenvalue weighted by atomic mass is 35.5. The Kier molecular flexibility index (Phi) is 5.21. The van der Waals surface area contributed by atoms with Crippen LogP contribution in [0, 0.1) is 5.92 Å². The maximum Gasteiger partial charge on any atom is 0.257 e. The lowest BCUT2D eigenvalue weighted by Gasteiger charge is -2.30. The molecule has 1 fully saturated rings. The standard InChI is InChI=1S/C17H18Cl2N4O/c1-11-3-2-6-23(10-11)16(24)12-8-20-17(21-9-12)22-15-7-13(18)4-5-14(15)19/h4-5,7-9,11H,2-3,6,10H2,1H3,(H,20,21,22). The van der Waals surface area contributed by atoms with E-state index in [1.807, 2.05) is 4.90 Å². The summed E-state index contributed by atoms with van der Waals surface area (Å²) in [6.45, 7) is 3.75. The van der Waals surface area contributed by atoms with Crippen LogP contribution in [0.5, 0.6) is 0 Å². The quantitative estimate of drug-likeness (QED) is 0.876. The number of carbonyl (C=O) groups excluding carboxylic acids is 1. The fraction of sp³-hybridized carbons (Fsp3) is 0.353. The molecule has 2 heterocycles. The first kappa shape index (κ1) is 17.0. The van der Waals surface area contributed by atoms with Crippen molar-refractivity contribution < 1.29 is 4.79 Å². The molecule has 5 nitrogen and oxygen atoms in total. The minimum absolute atomic E-state index is 0.0195. The Bertz CT molecular complexity index is 736. The third-order valence-electron chi connectivity index (χ3n) is 4.02. The van der Waals surface area contributed by atoms with Crippen LogP contribution >= 0.6 is 23.2 Å². The van der Waals surface area contributed by atoms with Gasteiger partial charge in [-0.25, -0.2) is 9.97 Å². The number of carbonyl (C=O) groups is 1. The van der Waals surface area contributed by atoms with Crippen LogP contribution in [0.15, 0.2) is 30.6 Å². The van der Waals surface area contributed by atoms with Crippen molar-refractivity contribution in [1.29, 1.82) is 0 Å². The number of amides is 1. The first-order valence-electron chi connectivity index (χ1n) is 7.86. The van der Waals surface area contributed by atoms with E-state index < -0.39 is 0 Å². The molecule has 0 spiro atoms. The second-order valence-corrected chi connectivity index (χ2v) is 6.89. The van der Waals surface area contributed by atoms with Crippen LogP contribution < -0.4 is 5.32 Å². The van der Waals surface area contributed by atoms with Crippen molar-refractivity contribution in [3.63, 3.8) is 0 Å². The molecule has 1 N–H and O–H groups in total. The lowest BCUT2D eigenvalue weighted by molar-refractivity contribution is 0.0682. The third-order valence-corrected chi connectivity index (χ3v) is 4.58. The number of hydrogen-bond donors (Lipinski definition) is 1. The van der Waals surface area contributed by atoms with Crippen LogP contribution in [0.3, 0.4) is 0 Å². The van der Waals surface area contributed by atoms with Gasteiger partial charge in [0.15, 0.2) is 0 Å². The molecule has 0 saturated carbocycles. The molecule has 2 aromatic rings. The van der Waals surface area contributed by atoms with Crippen molar-refractivity contribution in [3.8, 4) is 0 Å². The van der Waals surface area contributed by atoms with Crippen LogP contribution in [0.4, 0.5) is 11.6 Å². The van der Waals surface area contributed by atoms with Crippen molar-refractivity contribution in [1.82, 2.24) is 14.9 Å². The molecular weight excluding hydrogens is 347 g/mol. The maximum atomic E-state index is 12.5. The van der Waals surface area contributed by atoms with Gasteiger partial charge in [0.2, 0.25) is 5.95 Å². The normalized spacial score (nSPS) is 17.6. The monoisotopic (exact) mass is 364 g/mol. The van der Waals surface area contributed by atoms with E-state index in [0.717, 1.165) is 19.5 Å². The van der Waals surface area contributed by atoms with Crippen LogP contribution in [0.2, 0.25) is 10.0 Å². The van der Waals surface area contributed by atoms with Gasteiger partial charge in [-0.3, -0.25) is 4.79 Å². The average Bonchev–Trinajstić information content (AvgIpc) is 2.58. The minimum atomic E-state index is -0.0195. The number of halogens is 2. The number of likely N-dealkylation sites (tertiary alicyclic amines) is 1. The molecule has 7 heteroatoms. The van der Waals surface area contributed by atoms with Gasteiger partial charge >= 0.3 is 0 Å². The second-order valence-electron chi connectivity index (χ2n) is 6.04. The van der Waals surface area contributed by atoms with Crippen LogP contribution in [0.25, 0.3) is 0 Å². The number of nitrogens with one attached hydrogen (secondary N) is 1. The van der Waals surface area contributed by atoms with Crippen molar-refractivity contribution in [3.05, 3.63) is 46.2 Å². The predicted molar refractivity (Wildman–Crippen MR) is 96.1 cm³/mol. The molecule has 0 aliphatic carbocycles. The molecule has 1 atom stereocenters. The van der Waals surface area contributed by atoms with Gasteiger partial charge in [-0.1, -0.05) is 30.1 Å². The predicted octanol–water partition coefficient (Wildman–Crippen LogP) is 4.40. The first-order chi connectivity index (χ1) is 11.5. The summed E-state index contributed by atoms with van der Waals surface area (Å²) in [5, 5.41) is 4.08. The Labute approximate surface area is 151 Å². The van der Waals surface area contributed by atoms with Gasteiger partial charge in [0.05, 0.1) is 16.3 Å². The van der Waals surface area contributed by atoms with Crippen molar-refractivity contribution >= 4 is 40.7 Å². The molecular formula is C17H18Cl2N4O. The van der Waals surface area contributed by atoms with Crippen LogP contribution in [-0.2, 0) is 0 Å². The Hall–Kier alpha value is -1.85. The SMILES string of the molecule is CC1CCCN(C(=O)c2cnc(Nc3cc(Cl)ccc3Cl)nc2)C1. The van der Waals surface area contributed by atoms with Gasteiger partial charge in [0, 0.05) is 30.5 Å². The maximum absolute atomic E-state index is 12.5. The Balaban J connectivity index is 1.71. The molecule has 24 heavy (non-hydrogen) atoms. The van der Waals surface area contributed by atoms with Crippen molar-refractivity contribution in [2.24, 2.45) is 5.92 Å². The summed E-state index contributed by atoms with van der Waals surface area (Å²) in [6, 6.07) is 5.10. The van der Waals surface area contributed by atoms with E-state index in [1.165, 1.54) is 18.8 Å². The molecule has 0 radical (unpaired) electrons. The highest BCUT2D eigenvalue weighted by Gasteiger charge is 2.22. The number of hydrogen-bond acceptors (Lipinski definition) is 4. The molecule has 1 amide bonds. The van der Waals surface area contributed by atoms with Crippen molar-refractivity contribution in [2.75, 3.05) is 18.4 Å². The third kappa shape index (κ3) is 3.97. The molecule has 1 aromatic heterocycles. The van der Waals surface area contributed by atoms with Gasteiger partial charge in [0.25, 0.3) is 5.91 Å². The Morgan fingerprint density at radius 2 is 2.04 bits per heavy atom. The highest BCUT2D eigenvalue weighted by molar-refractivity contribution is 6.35. The summed E-state index contributed by atoms with van der Waals surface area (Å²) >= 11 is 12.1. The van der Waals surface area contributed by atoms with Gasteiger partial charge in [-0.05, 0) is 37.0 Å². The summed E-state index contributed by atoms with van der Waals surface area (Å²) in [5.41, 5.74) is 1.11. The van der Waals surface area contributed by atoms with Crippen molar-refractivity contribution in [2.45, 2.75) is 19.8 Å². The number of anilines is 2. The Morgan fingerprint density at radius 3 is 2.75 bits per heavy atom. The molecule has 0 bridgehead atoms. The van der Waals surface area contributed by atoms with E-state index in [-0.39, 0.29) is 5.91 Å². The summed E-state index contributed by atoms with van der Waals surface area (Å²) < 4.78 is 0. The van der Waals surface area contributed by atoms with Gasteiger partial charge in [-0.2, -0.15) is 0 Å². The van der Waals surface area contributed by atoms with E-state index in [0.29, 0.717) is 33.2 Å². The highest BCUT2D eigenvalue weighted by Crippen LogP contribution is 2.27. The lowest BCUT2D eigenvalue weighted by atomic mass is 10.00. The number of rotatable bonds is 3. The summed E-state index contributed by atoms with van der Waals surface area (Å²) in [6.07, 6.45) is 5.29. The zero-order valence-corrected chi connectivity index (χ0v) is 14.8. The fourth-order valence-corrected chi connectivity index (χ4v) is 3.11. The van der Waals surface area contributed by atoms with Crippen LogP contribution in [0.1, 0.15) is 30.1 Å². The number of nitrogens with zero attached hydrogens (tertiary/aromatic N) is 3. The largest absolute Gasteiger partial charge is 0.338 e. The van der Waals surface area contributed by atoms with Gasteiger partial charge < -0.3 is 10.2 Å². The molecule has 1 unspecified atom stereocenters. The molecule has 1 saturated heterocycles. The molecule has 1 aliphatic heterocycles. The summed E-state index contributed by atoms with van der Waals surface area (Å²) in [7, 11) is 0. The van der Waals surface area contributed by atoms with Crippen LogP contribution in [-0.4, -0.2) is 33.9 Å². The Morgan fingerprint density at radius 1 is 1.29 bits per heavy atom. The second kappa shape index (κ2) is 7.36. The first-order valence-corrected chi connectivity index (χ1v) is 8.62. The number of piperidine rings is 1. The molecule has 1 aromatic carbocycles.